The van der Waals surface area contributed by atoms with Crippen LogP contribution in [0.25, 0.3) is 0 Å². The van der Waals surface area contributed by atoms with Gasteiger partial charge in [0, 0.05) is 44.3 Å². The molecule has 0 aromatic heterocycles. The third-order valence-corrected chi connectivity index (χ3v) is 4.45. The maximum Gasteiger partial charge on any atom is 0.123 e. The second-order valence-corrected chi connectivity index (χ2v) is 5.59. The minimum Gasteiger partial charge on any atom is -0.496 e. The van der Waals surface area contributed by atoms with Gasteiger partial charge in [-0.25, -0.2) is 0 Å². The van der Waals surface area contributed by atoms with Crippen LogP contribution < -0.4 is 4.74 Å². The summed E-state index contributed by atoms with van der Waals surface area (Å²) in [6.45, 7) is 10.3. The topological polar surface area (TPSA) is 15.7 Å². The highest BCUT2D eigenvalue weighted by atomic mass is 16.5. The number of piperazine rings is 1. The molecule has 0 atom stereocenters. The predicted molar refractivity (Wildman–Crippen MR) is 84.2 cm³/mol. The number of benzene rings is 1. The summed E-state index contributed by atoms with van der Waals surface area (Å²) < 4.78 is 5.44. The first-order chi connectivity index (χ1) is 9.78. The first-order valence-corrected chi connectivity index (χ1v) is 7.86. The Morgan fingerprint density at radius 1 is 1.05 bits per heavy atom. The Hall–Kier alpha value is -1.06. The molecule has 20 heavy (non-hydrogen) atoms. The van der Waals surface area contributed by atoms with Gasteiger partial charge in [-0.15, -0.1) is 0 Å². The minimum atomic E-state index is 0.767. The third-order valence-electron chi connectivity index (χ3n) is 4.45. The molecule has 1 heterocycles. The van der Waals surface area contributed by atoms with Crippen molar-refractivity contribution in [3.05, 3.63) is 29.8 Å². The van der Waals surface area contributed by atoms with Crippen molar-refractivity contribution in [3.8, 4) is 5.75 Å². The third kappa shape index (κ3) is 3.74. The largest absolute Gasteiger partial charge is 0.496 e. The van der Waals surface area contributed by atoms with Crippen LogP contribution in [0.15, 0.2) is 24.3 Å². The van der Waals surface area contributed by atoms with Crippen molar-refractivity contribution in [1.29, 1.82) is 0 Å². The van der Waals surface area contributed by atoms with Crippen LogP contribution >= 0.6 is 0 Å². The highest BCUT2D eigenvalue weighted by Gasteiger charge is 2.22. The highest BCUT2D eigenvalue weighted by molar-refractivity contribution is 5.33. The van der Waals surface area contributed by atoms with Gasteiger partial charge >= 0.3 is 0 Å². The maximum absolute atomic E-state index is 5.44. The van der Waals surface area contributed by atoms with Crippen molar-refractivity contribution >= 4 is 0 Å². The number of methoxy groups -OCH3 is 1. The van der Waals surface area contributed by atoms with E-state index in [1.54, 1.807) is 7.11 Å². The Labute approximate surface area is 123 Å². The fourth-order valence-electron chi connectivity index (χ4n) is 3.17. The summed E-state index contributed by atoms with van der Waals surface area (Å²) in [5, 5.41) is 0. The van der Waals surface area contributed by atoms with Crippen molar-refractivity contribution in [2.45, 2.75) is 39.3 Å². The molecule has 1 aromatic rings. The standard InChI is InChI=1S/C17H28N2O/c1-4-16(5-2)19-12-10-18(11-13-19)14-15-8-6-7-9-17(15)20-3/h6-9,16H,4-5,10-14H2,1-3H3. The molecule has 0 spiro atoms. The first kappa shape index (κ1) is 15.3. The van der Waals surface area contributed by atoms with Crippen LogP contribution in [0, 0.1) is 0 Å². The van der Waals surface area contributed by atoms with Crippen molar-refractivity contribution < 1.29 is 4.74 Å². The second-order valence-electron chi connectivity index (χ2n) is 5.59. The van der Waals surface area contributed by atoms with E-state index < -0.39 is 0 Å². The molecule has 1 aliphatic rings. The summed E-state index contributed by atoms with van der Waals surface area (Å²) in [5.74, 6) is 1.01. The molecule has 112 valence electrons. The molecule has 0 aliphatic carbocycles. The number of nitrogens with zero attached hydrogens (tertiary/aromatic N) is 2. The summed E-state index contributed by atoms with van der Waals surface area (Å²) in [6.07, 6.45) is 2.53. The smallest absolute Gasteiger partial charge is 0.123 e. The van der Waals surface area contributed by atoms with Gasteiger partial charge in [0.1, 0.15) is 5.75 Å². The van der Waals surface area contributed by atoms with Crippen LogP contribution in [0.5, 0.6) is 5.75 Å². The van der Waals surface area contributed by atoms with Crippen molar-refractivity contribution in [2.24, 2.45) is 0 Å². The Morgan fingerprint density at radius 2 is 1.70 bits per heavy atom. The van der Waals surface area contributed by atoms with Crippen LogP contribution in [-0.4, -0.2) is 49.1 Å². The van der Waals surface area contributed by atoms with E-state index in [0.29, 0.717) is 0 Å². The number of para-hydroxylation sites is 1. The molecule has 0 amide bonds. The van der Waals surface area contributed by atoms with E-state index in [2.05, 4.69) is 41.8 Å². The highest BCUT2D eigenvalue weighted by Crippen LogP contribution is 2.20. The molecule has 3 heteroatoms. The first-order valence-electron chi connectivity index (χ1n) is 7.86. The zero-order chi connectivity index (χ0) is 14.4. The van der Waals surface area contributed by atoms with Crippen LogP contribution in [-0.2, 0) is 6.54 Å². The van der Waals surface area contributed by atoms with E-state index in [4.69, 9.17) is 4.74 Å². The van der Waals surface area contributed by atoms with Gasteiger partial charge in [-0.3, -0.25) is 9.80 Å². The van der Waals surface area contributed by atoms with Crippen molar-refractivity contribution in [2.75, 3.05) is 33.3 Å². The Kier molecular flexibility index (Phi) is 5.86. The zero-order valence-electron chi connectivity index (χ0n) is 13.1. The fourth-order valence-corrected chi connectivity index (χ4v) is 3.17. The summed E-state index contributed by atoms with van der Waals surface area (Å²) in [6, 6.07) is 9.12. The summed E-state index contributed by atoms with van der Waals surface area (Å²) in [5.41, 5.74) is 1.30. The summed E-state index contributed by atoms with van der Waals surface area (Å²) in [4.78, 5) is 5.19. The molecule has 1 fully saturated rings. The van der Waals surface area contributed by atoms with E-state index >= 15 is 0 Å². The van der Waals surface area contributed by atoms with Gasteiger partial charge in [0.25, 0.3) is 0 Å². The van der Waals surface area contributed by atoms with Crippen LogP contribution in [0.1, 0.15) is 32.3 Å². The quantitative estimate of drug-likeness (QED) is 0.794. The van der Waals surface area contributed by atoms with Gasteiger partial charge in [-0.2, -0.15) is 0 Å². The van der Waals surface area contributed by atoms with Gasteiger partial charge in [0.15, 0.2) is 0 Å². The maximum atomic E-state index is 5.44. The van der Waals surface area contributed by atoms with Crippen molar-refractivity contribution in [3.63, 3.8) is 0 Å². The summed E-state index contributed by atoms with van der Waals surface area (Å²) >= 11 is 0. The normalized spacial score (nSPS) is 17.6. The monoisotopic (exact) mass is 276 g/mol. The fraction of sp³-hybridized carbons (Fsp3) is 0.647. The molecule has 0 N–H and O–H groups in total. The zero-order valence-corrected chi connectivity index (χ0v) is 13.1. The molecule has 3 nitrogen and oxygen atoms in total. The number of ether oxygens (including phenoxy) is 1. The average molecular weight is 276 g/mol. The number of hydrogen-bond acceptors (Lipinski definition) is 3. The van der Waals surface area contributed by atoms with Gasteiger partial charge in [-0.1, -0.05) is 32.0 Å². The molecule has 1 aliphatic heterocycles. The van der Waals surface area contributed by atoms with Gasteiger partial charge in [0.2, 0.25) is 0 Å². The molecule has 0 unspecified atom stereocenters. The van der Waals surface area contributed by atoms with Gasteiger partial charge in [-0.05, 0) is 18.9 Å². The lowest BCUT2D eigenvalue weighted by Crippen LogP contribution is -2.49. The lowest BCUT2D eigenvalue weighted by molar-refractivity contribution is 0.0876. The Balaban J connectivity index is 1.88. The molecule has 1 saturated heterocycles. The van der Waals surface area contributed by atoms with E-state index in [0.717, 1.165) is 31.4 Å². The Bertz CT molecular complexity index is 396. The average Bonchev–Trinajstić information content (AvgIpc) is 2.51. The number of hydrogen-bond donors (Lipinski definition) is 0. The molecular formula is C17H28N2O. The van der Waals surface area contributed by atoms with E-state index in [1.807, 2.05) is 6.07 Å². The SMILES string of the molecule is CCC(CC)N1CCN(Cc2ccccc2OC)CC1. The lowest BCUT2D eigenvalue weighted by atomic mass is 10.1. The number of rotatable bonds is 6. The second kappa shape index (κ2) is 7.65. The van der Waals surface area contributed by atoms with E-state index in [9.17, 15) is 0 Å². The molecule has 0 radical (unpaired) electrons. The summed E-state index contributed by atoms with van der Waals surface area (Å²) in [7, 11) is 1.75. The van der Waals surface area contributed by atoms with E-state index in [1.165, 1.54) is 31.5 Å². The molecule has 0 saturated carbocycles. The van der Waals surface area contributed by atoms with Crippen LogP contribution in [0.3, 0.4) is 0 Å². The van der Waals surface area contributed by atoms with Gasteiger partial charge in [0.05, 0.1) is 7.11 Å². The molecule has 2 rings (SSSR count). The van der Waals surface area contributed by atoms with Crippen LogP contribution in [0.4, 0.5) is 0 Å². The van der Waals surface area contributed by atoms with E-state index in [-0.39, 0.29) is 0 Å². The van der Waals surface area contributed by atoms with Gasteiger partial charge < -0.3 is 4.74 Å². The molecule has 1 aromatic carbocycles. The minimum absolute atomic E-state index is 0.767. The lowest BCUT2D eigenvalue weighted by Gasteiger charge is -2.39. The van der Waals surface area contributed by atoms with Crippen molar-refractivity contribution in [1.82, 2.24) is 9.80 Å². The Morgan fingerprint density at radius 3 is 2.30 bits per heavy atom. The molecule has 0 bridgehead atoms. The predicted octanol–water partition coefficient (Wildman–Crippen LogP) is 3.00. The molecular weight excluding hydrogens is 248 g/mol. The van der Waals surface area contributed by atoms with Crippen LogP contribution in [0.2, 0.25) is 0 Å².